The maximum absolute atomic E-state index is 12.7. The van der Waals surface area contributed by atoms with Crippen molar-refractivity contribution in [2.75, 3.05) is 6.54 Å². The molecule has 12 heteroatoms. The standard InChI is InChI=1S/C27H22F3N3O4S2/c1-15-11-33-18(12-31-15)5-8-21(34)23-9-10-24(39-23)22(35)13-32-16(2)20-14-38-26(25(20)36)17-3-6-19(7-4-17)37-27(28,29)30/h3-4,6-7,9-12,14,36H,5,8,13H2,1-2H3. The van der Waals surface area contributed by atoms with Gasteiger partial charge >= 0.3 is 6.36 Å². The fraction of sp³-hybridized carbons (Fsp3) is 0.222. The van der Waals surface area contributed by atoms with E-state index < -0.39 is 6.36 Å². The van der Waals surface area contributed by atoms with Gasteiger partial charge in [0, 0.05) is 35.5 Å². The van der Waals surface area contributed by atoms with Crippen molar-refractivity contribution >= 4 is 40.0 Å². The number of carbonyl (C=O) groups is 2. The first-order valence-corrected chi connectivity index (χ1v) is 13.3. The summed E-state index contributed by atoms with van der Waals surface area (Å²) in [6.45, 7) is 3.31. The summed E-state index contributed by atoms with van der Waals surface area (Å²) in [5.74, 6) is -0.800. The highest BCUT2D eigenvalue weighted by molar-refractivity contribution is 7.16. The van der Waals surface area contributed by atoms with Crippen LogP contribution in [0.2, 0.25) is 0 Å². The van der Waals surface area contributed by atoms with Gasteiger partial charge in [-0.25, -0.2) is 0 Å². The molecular weight excluding hydrogens is 551 g/mol. The van der Waals surface area contributed by atoms with Crippen LogP contribution in [0, 0.1) is 6.92 Å². The number of thiophene rings is 2. The summed E-state index contributed by atoms with van der Waals surface area (Å²) in [6, 6.07) is 8.38. The third-order valence-electron chi connectivity index (χ3n) is 5.56. The van der Waals surface area contributed by atoms with Crippen LogP contribution in [0.4, 0.5) is 13.2 Å². The number of Topliss-reactive ketones (excluding diaryl/α,β-unsaturated/α-hetero) is 2. The van der Waals surface area contributed by atoms with E-state index in [1.165, 1.54) is 23.5 Å². The molecule has 4 rings (SSSR count). The predicted molar refractivity (Wildman–Crippen MR) is 143 cm³/mol. The molecular formula is C27H22F3N3O4S2. The van der Waals surface area contributed by atoms with Crippen LogP contribution >= 0.6 is 22.7 Å². The second-order valence-electron chi connectivity index (χ2n) is 8.46. The normalized spacial score (nSPS) is 12.0. The van der Waals surface area contributed by atoms with Gasteiger partial charge in [-0.1, -0.05) is 0 Å². The summed E-state index contributed by atoms with van der Waals surface area (Å²) in [6.07, 6.45) is -0.795. The quantitative estimate of drug-likeness (QED) is 0.168. The van der Waals surface area contributed by atoms with Crippen LogP contribution in [0.15, 0.2) is 59.2 Å². The number of hydrogen-bond donors (Lipinski definition) is 1. The second-order valence-corrected chi connectivity index (χ2v) is 10.4. The van der Waals surface area contributed by atoms with Crippen molar-refractivity contribution in [2.45, 2.75) is 33.1 Å². The Morgan fingerprint density at radius 2 is 1.72 bits per heavy atom. The Morgan fingerprint density at radius 1 is 1.03 bits per heavy atom. The van der Waals surface area contributed by atoms with Gasteiger partial charge in [-0.05, 0) is 62.2 Å². The van der Waals surface area contributed by atoms with Crippen LogP contribution in [-0.4, -0.2) is 45.3 Å². The molecule has 0 amide bonds. The van der Waals surface area contributed by atoms with Gasteiger partial charge < -0.3 is 9.84 Å². The Hall–Kier alpha value is -3.90. The Morgan fingerprint density at radius 3 is 2.36 bits per heavy atom. The van der Waals surface area contributed by atoms with Crippen molar-refractivity contribution in [3.05, 3.63) is 80.9 Å². The molecule has 0 fully saturated rings. The number of aryl methyl sites for hydroxylation is 2. The third kappa shape index (κ3) is 7.36. The highest BCUT2D eigenvalue weighted by atomic mass is 32.1. The number of ether oxygens (including phenoxy) is 1. The van der Waals surface area contributed by atoms with Crippen LogP contribution in [-0.2, 0) is 6.42 Å². The summed E-state index contributed by atoms with van der Waals surface area (Å²) in [5.41, 5.74) is 2.87. The molecule has 0 aliphatic carbocycles. The minimum Gasteiger partial charge on any atom is -0.506 e. The first kappa shape index (κ1) is 28.1. The lowest BCUT2D eigenvalue weighted by Crippen LogP contribution is -2.16. The van der Waals surface area contributed by atoms with Gasteiger partial charge in [0.1, 0.15) is 18.0 Å². The van der Waals surface area contributed by atoms with E-state index in [0.717, 1.165) is 34.9 Å². The van der Waals surface area contributed by atoms with Crippen molar-refractivity contribution in [1.29, 1.82) is 0 Å². The molecule has 0 radical (unpaired) electrons. The third-order valence-corrected chi connectivity index (χ3v) is 7.75. The van der Waals surface area contributed by atoms with E-state index in [4.69, 9.17) is 0 Å². The summed E-state index contributed by atoms with van der Waals surface area (Å²) in [7, 11) is 0. The number of halogens is 3. The van der Waals surface area contributed by atoms with Gasteiger partial charge in [-0.15, -0.1) is 35.8 Å². The van der Waals surface area contributed by atoms with Crippen LogP contribution < -0.4 is 4.74 Å². The van der Waals surface area contributed by atoms with Crippen molar-refractivity contribution in [2.24, 2.45) is 4.99 Å². The Balaban J connectivity index is 1.37. The number of nitrogens with zero attached hydrogens (tertiary/aromatic N) is 3. The van der Waals surface area contributed by atoms with E-state index in [-0.39, 0.29) is 36.0 Å². The molecule has 39 heavy (non-hydrogen) atoms. The molecule has 1 aromatic carbocycles. The SMILES string of the molecule is CC(=NCC(=O)c1ccc(C(=O)CCc2cnc(C)cn2)s1)c1csc(-c2ccc(OC(F)(F)F)cc2)c1O. The molecule has 0 spiro atoms. The lowest BCUT2D eigenvalue weighted by molar-refractivity contribution is -0.274. The molecule has 202 valence electrons. The molecule has 0 aliphatic heterocycles. The number of rotatable bonds is 10. The predicted octanol–water partition coefficient (Wildman–Crippen LogP) is 6.69. The number of carbonyl (C=O) groups excluding carboxylic acids is 2. The van der Waals surface area contributed by atoms with Gasteiger partial charge in [0.25, 0.3) is 0 Å². The van der Waals surface area contributed by atoms with E-state index in [2.05, 4.69) is 19.7 Å². The lowest BCUT2D eigenvalue weighted by Gasteiger charge is -2.09. The fourth-order valence-electron chi connectivity index (χ4n) is 3.53. The fourth-order valence-corrected chi connectivity index (χ4v) is 5.44. The van der Waals surface area contributed by atoms with Crippen molar-refractivity contribution < 1.29 is 32.6 Å². The van der Waals surface area contributed by atoms with Gasteiger partial charge in [0.2, 0.25) is 0 Å². The topological polar surface area (TPSA) is 102 Å². The average Bonchev–Trinajstić information content (AvgIpc) is 3.54. The highest BCUT2D eigenvalue weighted by Crippen LogP contribution is 2.39. The number of aromatic hydroxyl groups is 1. The van der Waals surface area contributed by atoms with Gasteiger partial charge in [0.15, 0.2) is 11.6 Å². The number of hydrogen-bond acceptors (Lipinski definition) is 9. The Labute approximate surface area is 229 Å². The number of aliphatic imine (C=N–C) groups is 1. The van der Waals surface area contributed by atoms with Crippen LogP contribution in [0.3, 0.4) is 0 Å². The first-order valence-electron chi connectivity index (χ1n) is 11.6. The molecule has 4 aromatic rings. The Kier molecular flexibility index (Phi) is 8.56. The maximum atomic E-state index is 12.7. The van der Waals surface area contributed by atoms with Gasteiger partial charge in [-0.3, -0.25) is 24.5 Å². The summed E-state index contributed by atoms with van der Waals surface area (Å²) in [5, 5.41) is 12.4. The van der Waals surface area contributed by atoms with E-state index >= 15 is 0 Å². The van der Waals surface area contributed by atoms with Gasteiger partial charge in [-0.2, -0.15) is 0 Å². The van der Waals surface area contributed by atoms with E-state index in [1.807, 2.05) is 6.92 Å². The zero-order valence-corrected chi connectivity index (χ0v) is 22.4. The molecule has 3 heterocycles. The van der Waals surface area contributed by atoms with Crippen LogP contribution in [0.5, 0.6) is 11.5 Å². The average molecular weight is 574 g/mol. The summed E-state index contributed by atoms with van der Waals surface area (Å²) < 4.78 is 41.0. The first-order chi connectivity index (χ1) is 18.5. The number of alkyl halides is 3. The molecule has 0 saturated heterocycles. The van der Waals surface area contributed by atoms with Crippen molar-refractivity contribution in [3.8, 4) is 21.9 Å². The van der Waals surface area contributed by atoms with E-state index in [0.29, 0.717) is 37.9 Å². The van der Waals surface area contributed by atoms with E-state index in [9.17, 15) is 27.9 Å². The molecule has 7 nitrogen and oxygen atoms in total. The molecule has 0 unspecified atom stereocenters. The molecule has 0 aliphatic rings. The molecule has 0 bridgehead atoms. The molecule has 0 atom stereocenters. The van der Waals surface area contributed by atoms with E-state index in [1.54, 1.807) is 36.8 Å². The number of aromatic nitrogens is 2. The number of benzene rings is 1. The summed E-state index contributed by atoms with van der Waals surface area (Å²) >= 11 is 2.31. The molecule has 3 aromatic heterocycles. The zero-order valence-electron chi connectivity index (χ0n) is 20.8. The monoisotopic (exact) mass is 573 g/mol. The highest BCUT2D eigenvalue weighted by Gasteiger charge is 2.31. The van der Waals surface area contributed by atoms with Crippen LogP contribution in [0.25, 0.3) is 10.4 Å². The van der Waals surface area contributed by atoms with Gasteiger partial charge in [0.05, 0.1) is 26.0 Å². The lowest BCUT2D eigenvalue weighted by atomic mass is 10.1. The van der Waals surface area contributed by atoms with Crippen molar-refractivity contribution in [3.63, 3.8) is 0 Å². The smallest absolute Gasteiger partial charge is 0.506 e. The summed E-state index contributed by atoms with van der Waals surface area (Å²) in [4.78, 5) is 39.3. The van der Waals surface area contributed by atoms with Crippen molar-refractivity contribution in [1.82, 2.24) is 9.97 Å². The minimum atomic E-state index is -4.79. The zero-order chi connectivity index (χ0) is 28.2. The molecule has 1 N–H and O–H groups in total. The molecule has 0 saturated carbocycles. The van der Waals surface area contributed by atoms with Crippen LogP contribution in [0.1, 0.15) is 49.6 Å². The number of ketones is 2. The maximum Gasteiger partial charge on any atom is 0.573 e. The largest absolute Gasteiger partial charge is 0.573 e. The Bertz CT molecular complexity index is 1510. The second kappa shape index (κ2) is 11.9. The minimum absolute atomic E-state index is 0.0829.